The van der Waals surface area contributed by atoms with E-state index in [1.54, 1.807) is 38.2 Å². The van der Waals surface area contributed by atoms with Gasteiger partial charge in [0.15, 0.2) is 0 Å². The lowest BCUT2D eigenvalue weighted by Gasteiger charge is -2.10. The molecule has 0 radical (unpaired) electrons. The van der Waals surface area contributed by atoms with Gasteiger partial charge in [0.1, 0.15) is 0 Å². The van der Waals surface area contributed by atoms with Crippen LogP contribution in [0.25, 0.3) is 11.1 Å². The molecule has 0 bridgehead atoms. The molecule has 2 aromatic heterocycles. The first-order valence-electron chi connectivity index (χ1n) is 6.01. The highest BCUT2D eigenvalue weighted by Gasteiger charge is 2.28. The number of aromatic nitrogens is 2. The smallest absolute Gasteiger partial charge is 0.233 e. The normalized spacial score (nSPS) is 17.2. The number of carbonyl (C=O) groups excluding carboxylic acids is 1. The highest BCUT2D eigenvalue weighted by molar-refractivity contribution is 6.02. The summed E-state index contributed by atoms with van der Waals surface area (Å²) in [4.78, 5) is 20.1. The Hall–Kier alpha value is -2.30. The first kappa shape index (κ1) is 11.8. The van der Waals surface area contributed by atoms with Crippen LogP contribution >= 0.6 is 0 Å². The average Bonchev–Trinajstić information content (AvgIpc) is 2.46. The van der Waals surface area contributed by atoms with E-state index in [2.05, 4.69) is 15.3 Å². The van der Waals surface area contributed by atoms with E-state index < -0.39 is 11.9 Å². The fourth-order valence-electron chi connectivity index (χ4n) is 2.33. The third kappa shape index (κ3) is 1.78. The van der Waals surface area contributed by atoms with Gasteiger partial charge >= 0.3 is 0 Å². The van der Waals surface area contributed by atoms with Gasteiger partial charge in [0, 0.05) is 17.5 Å². The summed E-state index contributed by atoms with van der Waals surface area (Å²) in [7, 11) is 0. The molecule has 2 aromatic rings. The number of nitrogens with one attached hydrogen (secondary N) is 1. The van der Waals surface area contributed by atoms with Crippen molar-refractivity contribution in [2.24, 2.45) is 0 Å². The van der Waals surface area contributed by atoms with Crippen LogP contribution in [0.2, 0.25) is 0 Å². The Morgan fingerprint density at radius 2 is 2.21 bits per heavy atom. The Labute approximate surface area is 109 Å². The maximum Gasteiger partial charge on any atom is 0.233 e. The number of amides is 1. The Morgan fingerprint density at radius 3 is 3.00 bits per heavy atom. The van der Waals surface area contributed by atoms with E-state index >= 15 is 0 Å². The van der Waals surface area contributed by atoms with Crippen LogP contribution < -0.4 is 5.32 Å². The van der Waals surface area contributed by atoms with Crippen molar-refractivity contribution in [2.45, 2.75) is 19.8 Å². The van der Waals surface area contributed by atoms with Crippen LogP contribution in [0.3, 0.4) is 0 Å². The molecular weight excluding hydrogens is 245 g/mol. The molecule has 0 saturated carbocycles. The quantitative estimate of drug-likeness (QED) is 0.738. The summed E-state index contributed by atoms with van der Waals surface area (Å²) in [6.07, 6.45) is 1.60. The van der Waals surface area contributed by atoms with Gasteiger partial charge in [0.2, 0.25) is 11.9 Å². The van der Waals surface area contributed by atoms with Gasteiger partial charge in [-0.05, 0) is 26.0 Å². The highest BCUT2D eigenvalue weighted by atomic mass is 19.1. The van der Waals surface area contributed by atoms with Crippen molar-refractivity contribution >= 4 is 11.6 Å². The summed E-state index contributed by atoms with van der Waals surface area (Å²) in [6, 6.07) is 5.16. The third-order valence-electron chi connectivity index (χ3n) is 3.27. The predicted molar refractivity (Wildman–Crippen MR) is 69.2 cm³/mol. The molecule has 1 aliphatic heterocycles. The molecule has 0 aromatic carbocycles. The Morgan fingerprint density at radius 1 is 1.42 bits per heavy atom. The highest BCUT2D eigenvalue weighted by Crippen LogP contribution is 2.38. The van der Waals surface area contributed by atoms with Gasteiger partial charge in [0.25, 0.3) is 0 Å². The van der Waals surface area contributed by atoms with Gasteiger partial charge in [-0.2, -0.15) is 4.39 Å². The van der Waals surface area contributed by atoms with E-state index in [9.17, 15) is 9.18 Å². The third-order valence-corrected chi connectivity index (χ3v) is 3.27. The molecule has 0 fully saturated rings. The van der Waals surface area contributed by atoms with Gasteiger partial charge in [-0.3, -0.25) is 9.78 Å². The van der Waals surface area contributed by atoms with Crippen molar-refractivity contribution in [3.8, 4) is 11.1 Å². The number of nitrogens with zero attached hydrogens (tertiary/aromatic N) is 2. The lowest BCUT2D eigenvalue weighted by atomic mass is 9.98. The van der Waals surface area contributed by atoms with Gasteiger partial charge in [0.05, 0.1) is 22.9 Å². The van der Waals surface area contributed by atoms with E-state index in [1.807, 2.05) is 0 Å². The number of hydrogen-bond acceptors (Lipinski definition) is 3. The number of halogens is 1. The standard InChI is InChI=1S/C14H12FN3O/c1-7-6-10-11(13(15)17-7)9-4-3-5-16-12(9)8(2)14(19)18-10/h3-6,8H,1-2H3,(H,18,19)/t8-/m1/s1. The zero-order valence-corrected chi connectivity index (χ0v) is 10.6. The van der Waals surface area contributed by atoms with E-state index in [0.29, 0.717) is 28.2 Å². The first-order valence-corrected chi connectivity index (χ1v) is 6.01. The number of hydrogen-bond donors (Lipinski definition) is 1. The van der Waals surface area contributed by atoms with Crippen molar-refractivity contribution < 1.29 is 9.18 Å². The zero-order chi connectivity index (χ0) is 13.6. The Bertz CT molecular complexity index is 684. The molecule has 0 saturated heterocycles. The minimum absolute atomic E-state index is 0.191. The molecule has 1 atom stereocenters. The van der Waals surface area contributed by atoms with Gasteiger partial charge in [-0.15, -0.1) is 0 Å². The Kier molecular flexibility index (Phi) is 2.55. The van der Waals surface area contributed by atoms with Crippen LogP contribution in [-0.2, 0) is 4.79 Å². The molecule has 0 unspecified atom stereocenters. The predicted octanol–water partition coefficient (Wildman–Crippen LogP) is 2.65. The van der Waals surface area contributed by atoms with Crippen LogP contribution in [0, 0.1) is 12.9 Å². The number of carbonyl (C=O) groups is 1. The van der Waals surface area contributed by atoms with Crippen LogP contribution in [0.15, 0.2) is 24.4 Å². The number of pyridine rings is 2. The van der Waals surface area contributed by atoms with Crippen LogP contribution in [0.5, 0.6) is 0 Å². The molecule has 1 amide bonds. The van der Waals surface area contributed by atoms with Crippen molar-refractivity contribution in [1.29, 1.82) is 0 Å². The molecule has 3 heterocycles. The van der Waals surface area contributed by atoms with Gasteiger partial charge in [-0.25, -0.2) is 4.98 Å². The van der Waals surface area contributed by atoms with Gasteiger partial charge < -0.3 is 5.32 Å². The topological polar surface area (TPSA) is 54.9 Å². The average molecular weight is 257 g/mol. The largest absolute Gasteiger partial charge is 0.325 e. The number of fused-ring (bicyclic) bond motifs is 3. The van der Waals surface area contributed by atoms with E-state index in [1.165, 1.54) is 0 Å². The van der Waals surface area contributed by atoms with Crippen molar-refractivity contribution in [3.63, 3.8) is 0 Å². The summed E-state index contributed by atoms with van der Waals surface area (Å²) in [5, 5.41) is 2.74. The second kappa shape index (κ2) is 4.12. The molecule has 4 nitrogen and oxygen atoms in total. The lowest BCUT2D eigenvalue weighted by molar-refractivity contribution is -0.117. The van der Waals surface area contributed by atoms with Crippen LogP contribution in [0.4, 0.5) is 10.1 Å². The maximum absolute atomic E-state index is 14.2. The minimum atomic E-state index is -0.585. The molecule has 19 heavy (non-hydrogen) atoms. The first-order chi connectivity index (χ1) is 9.08. The fourth-order valence-corrected chi connectivity index (χ4v) is 2.33. The van der Waals surface area contributed by atoms with E-state index in [4.69, 9.17) is 0 Å². The summed E-state index contributed by atoms with van der Waals surface area (Å²) in [5.41, 5.74) is 2.48. The van der Waals surface area contributed by atoms with Gasteiger partial charge in [-0.1, -0.05) is 6.07 Å². The number of rotatable bonds is 0. The minimum Gasteiger partial charge on any atom is -0.325 e. The molecule has 3 rings (SSSR count). The second-order valence-corrected chi connectivity index (χ2v) is 4.62. The molecule has 96 valence electrons. The summed E-state index contributed by atoms with van der Waals surface area (Å²) in [6.45, 7) is 3.44. The van der Waals surface area contributed by atoms with Crippen molar-refractivity contribution in [2.75, 3.05) is 5.32 Å². The molecule has 0 spiro atoms. The van der Waals surface area contributed by atoms with E-state index in [0.717, 1.165) is 0 Å². The van der Waals surface area contributed by atoms with Crippen LogP contribution in [-0.4, -0.2) is 15.9 Å². The molecule has 1 N–H and O–H groups in total. The number of aryl methyl sites for hydroxylation is 1. The van der Waals surface area contributed by atoms with Crippen LogP contribution in [0.1, 0.15) is 24.2 Å². The SMILES string of the molecule is Cc1cc2c(c(F)n1)-c1cccnc1[C@@H](C)C(=O)N2. The summed E-state index contributed by atoms with van der Waals surface area (Å²) in [5.74, 6) is -1.20. The Balaban J connectivity index is 2.38. The lowest BCUT2D eigenvalue weighted by Crippen LogP contribution is -2.18. The molecule has 1 aliphatic rings. The van der Waals surface area contributed by atoms with Crippen molar-refractivity contribution in [1.82, 2.24) is 9.97 Å². The summed E-state index contributed by atoms with van der Waals surface area (Å²) >= 11 is 0. The number of anilines is 1. The fraction of sp³-hybridized carbons (Fsp3) is 0.214. The van der Waals surface area contributed by atoms with E-state index in [-0.39, 0.29) is 5.91 Å². The molecular formula is C14H12FN3O. The molecule has 5 heteroatoms. The van der Waals surface area contributed by atoms with Crippen molar-refractivity contribution in [3.05, 3.63) is 41.7 Å². The monoisotopic (exact) mass is 257 g/mol. The summed E-state index contributed by atoms with van der Waals surface area (Å²) < 4.78 is 14.2. The molecule has 0 aliphatic carbocycles. The zero-order valence-electron chi connectivity index (χ0n) is 10.6. The second-order valence-electron chi connectivity index (χ2n) is 4.62. The maximum atomic E-state index is 14.2.